The first-order chi connectivity index (χ1) is 15.9. The lowest BCUT2D eigenvalue weighted by Crippen LogP contribution is -2.05. The molecule has 33 heavy (non-hydrogen) atoms. The van der Waals surface area contributed by atoms with E-state index >= 15 is 0 Å². The van der Waals surface area contributed by atoms with Gasteiger partial charge in [0.15, 0.2) is 0 Å². The second kappa shape index (κ2) is 9.77. The minimum atomic E-state index is -0.419. The molecule has 1 N–H and O–H groups in total. The zero-order valence-corrected chi connectivity index (χ0v) is 20.8. The van der Waals surface area contributed by atoms with Crippen molar-refractivity contribution in [2.75, 3.05) is 13.7 Å². The topological polar surface area (TPSA) is 68.1 Å². The molecule has 0 saturated heterocycles. The minimum absolute atomic E-state index is 0.109. The van der Waals surface area contributed by atoms with E-state index in [1.807, 2.05) is 37.3 Å². The first-order valence-corrected chi connectivity index (χ1v) is 11.9. The zero-order valence-electron chi connectivity index (χ0n) is 18.4. The highest BCUT2D eigenvalue weighted by molar-refractivity contribution is 9.10. The molecule has 5 nitrogen and oxygen atoms in total. The second-order valence-corrected chi connectivity index (χ2v) is 9.44. The number of aryl methyl sites for hydroxylation is 1. The summed E-state index contributed by atoms with van der Waals surface area (Å²) in [5.74, 6) is 0.483. The lowest BCUT2D eigenvalue weighted by Gasteiger charge is -2.09. The molecule has 1 heterocycles. The molecule has 0 unspecified atom stereocenters. The fourth-order valence-electron chi connectivity index (χ4n) is 3.62. The van der Waals surface area contributed by atoms with Crippen LogP contribution >= 0.6 is 27.3 Å². The number of aliphatic imine (C=N–C) groups is 1. The summed E-state index contributed by atoms with van der Waals surface area (Å²) >= 11 is 4.82. The number of nitrogens with zero attached hydrogens (tertiary/aromatic N) is 1. The molecule has 0 amide bonds. The van der Waals surface area contributed by atoms with Gasteiger partial charge in [-0.05, 0) is 66.6 Å². The highest BCUT2D eigenvalue weighted by Gasteiger charge is 2.24. The predicted molar refractivity (Wildman–Crippen MR) is 138 cm³/mol. The van der Waals surface area contributed by atoms with Gasteiger partial charge in [-0.1, -0.05) is 34.1 Å². The zero-order chi connectivity index (χ0) is 23.5. The normalized spacial score (nSPS) is 11.3. The summed E-state index contributed by atoms with van der Waals surface area (Å²) in [6, 6.07) is 17.1. The largest absolute Gasteiger partial charge is 0.507 e. The van der Waals surface area contributed by atoms with Crippen LogP contribution in [0.4, 0.5) is 5.00 Å². The molecule has 0 aliphatic heterocycles. The molecule has 0 radical (unpaired) electrons. The number of thiophene rings is 1. The molecular weight excluding hydrogens is 502 g/mol. The van der Waals surface area contributed by atoms with Crippen molar-refractivity contribution in [1.29, 1.82) is 0 Å². The van der Waals surface area contributed by atoms with Crippen LogP contribution < -0.4 is 4.74 Å². The highest BCUT2D eigenvalue weighted by atomic mass is 79.9. The van der Waals surface area contributed by atoms with E-state index < -0.39 is 5.97 Å². The standard InChI is InChI=1S/C26H22BrNO4S/c1-4-32-26(30)24-23(18-6-5-17-13-21(31-3)9-7-16(17)11-18)15(2)33-25(24)28-14-19-12-20(27)8-10-22(19)29/h5-14,29H,4H2,1-3H3. The summed E-state index contributed by atoms with van der Waals surface area (Å²) in [5, 5.41) is 12.8. The third-order valence-electron chi connectivity index (χ3n) is 5.19. The second-order valence-electron chi connectivity index (χ2n) is 7.32. The number of rotatable bonds is 6. The van der Waals surface area contributed by atoms with Gasteiger partial charge in [-0.3, -0.25) is 0 Å². The number of phenols is 1. The summed E-state index contributed by atoms with van der Waals surface area (Å²) in [6.45, 7) is 4.01. The molecule has 0 aliphatic rings. The number of ether oxygens (including phenoxy) is 2. The van der Waals surface area contributed by atoms with Crippen molar-refractivity contribution in [3.8, 4) is 22.6 Å². The molecule has 0 spiro atoms. The van der Waals surface area contributed by atoms with Crippen molar-refractivity contribution in [3.05, 3.63) is 75.1 Å². The Labute approximate surface area is 204 Å². The summed E-state index contributed by atoms with van der Waals surface area (Å²) in [5.41, 5.74) is 2.70. The van der Waals surface area contributed by atoms with E-state index in [9.17, 15) is 9.90 Å². The summed E-state index contributed by atoms with van der Waals surface area (Å²) < 4.78 is 11.5. The van der Waals surface area contributed by atoms with Crippen LogP contribution in [0.15, 0.2) is 64.1 Å². The maximum Gasteiger partial charge on any atom is 0.341 e. The average molecular weight is 524 g/mol. The molecule has 0 bridgehead atoms. The Kier molecular flexibility index (Phi) is 6.81. The maximum absolute atomic E-state index is 13.0. The van der Waals surface area contributed by atoms with Crippen LogP contribution in [-0.2, 0) is 4.74 Å². The lowest BCUT2D eigenvalue weighted by atomic mass is 9.98. The third kappa shape index (κ3) is 4.79. The number of benzene rings is 3. The molecule has 0 fully saturated rings. The summed E-state index contributed by atoms with van der Waals surface area (Å²) in [7, 11) is 1.64. The Balaban J connectivity index is 1.84. The molecule has 168 valence electrons. The molecule has 7 heteroatoms. The average Bonchev–Trinajstić information content (AvgIpc) is 3.15. The molecule has 0 aliphatic carbocycles. The Morgan fingerprint density at radius 3 is 2.64 bits per heavy atom. The van der Waals surface area contributed by atoms with Crippen LogP contribution in [0.25, 0.3) is 21.9 Å². The minimum Gasteiger partial charge on any atom is -0.507 e. The number of methoxy groups -OCH3 is 1. The number of aromatic hydroxyl groups is 1. The Hall–Kier alpha value is -3.16. The summed E-state index contributed by atoms with van der Waals surface area (Å²) in [4.78, 5) is 18.5. The van der Waals surface area contributed by atoms with E-state index in [0.29, 0.717) is 16.1 Å². The fraction of sp³-hybridized carbons (Fsp3) is 0.154. The van der Waals surface area contributed by atoms with E-state index in [2.05, 4.69) is 27.0 Å². The van der Waals surface area contributed by atoms with Crippen LogP contribution in [-0.4, -0.2) is 31.0 Å². The van der Waals surface area contributed by atoms with Crippen LogP contribution in [0.2, 0.25) is 0 Å². The number of carbonyl (C=O) groups is 1. The van der Waals surface area contributed by atoms with Crippen molar-refractivity contribution in [1.82, 2.24) is 0 Å². The van der Waals surface area contributed by atoms with Gasteiger partial charge in [-0.15, -0.1) is 11.3 Å². The van der Waals surface area contributed by atoms with Crippen molar-refractivity contribution >= 4 is 55.2 Å². The van der Waals surface area contributed by atoms with E-state index in [4.69, 9.17) is 9.47 Å². The van der Waals surface area contributed by atoms with Gasteiger partial charge in [-0.2, -0.15) is 0 Å². The SMILES string of the molecule is CCOC(=O)c1c(N=Cc2cc(Br)ccc2O)sc(C)c1-c1ccc2cc(OC)ccc2c1. The van der Waals surface area contributed by atoms with Crippen molar-refractivity contribution in [2.24, 2.45) is 4.99 Å². The molecule has 4 aromatic rings. The molecule has 3 aromatic carbocycles. The van der Waals surface area contributed by atoms with Gasteiger partial charge in [0, 0.05) is 26.7 Å². The Morgan fingerprint density at radius 1 is 1.12 bits per heavy atom. The number of esters is 1. The van der Waals surface area contributed by atoms with Gasteiger partial charge >= 0.3 is 5.97 Å². The first kappa shape index (κ1) is 23.0. The number of hydrogen-bond donors (Lipinski definition) is 1. The van der Waals surface area contributed by atoms with Crippen molar-refractivity contribution in [2.45, 2.75) is 13.8 Å². The smallest absolute Gasteiger partial charge is 0.341 e. The third-order valence-corrected chi connectivity index (χ3v) is 6.70. The van der Waals surface area contributed by atoms with Gasteiger partial charge < -0.3 is 14.6 Å². The number of halogens is 1. The quantitative estimate of drug-likeness (QED) is 0.213. The van der Waals surface area contributed by atoms with Crippen LogP contribution in [0, 0.1) is 6.92 Å². The lowest BCUT2D eigenvalue weighted by molar-refractivity contribution is 0.0528. The highest BCUT2D eigenvalue weighted by Crippen LogP contribution is 2.43. The molecule has 1 aromatic heterocycles. The maximum atomic E-state index is 13.0. The van der Waals surface area contributed by atoms with Gasteiger partial charge in [0.1, 0.15) is 22.1 Å². The van der Waals surface area contributed by atoms with Crippen molar-refractivity contribution < 1.29 is 19.4 Å². The molecular formula is C26H22BrNO4S. The molecule has 4 rings (SSSR count). The van der Waals surface area contributed by atoms with E-state index in [-0.39, 0.29) is 12.4 Å². The van der Waals surface area contributed by atoms with Crippen molar-refractivity contribution in [3.63, 3.8) is 0 Å². The summed E-state index contributed by atoms with van der Waals surface area (Å²) in [6.07, 6.45) is 1.56. The van der Waals surface area contributed by atoms with E-state index in [0.717, 1.165) is 37.0 Å². The molecule has 0 saturated carbocycles. The fourth-order valence-corrected chi connectivity index (χ4v) is 5.01. The van der Waals surface area contributed by atoms with Gasteiger partial charge in [-0.25, -0.2) is 9.79 Å². The Bertz CT molecular complexity index is 1380. The number of carbonyl (C=O) groups excluding carboxylic acids is 1. The molecule has 0 atom stereocenters. The van der Waals surface area contributed by atoms with Gasteiger partial charge in [0.2, 0.25) is 0 Å². The Morgan fingerprint density at radius 2 is 1.88 bits per heavy atom. The first-order valence-electron chi connectivity index (χ1n) is 10.3. The van der Waals surface area contributed by atoms with Crippen LogP contribution in [0.5, 0.6) is 11.5 Å². The van der Waals surface area contributed by atoms with Crippen LogP contribution in [0.1, 0.15) is 27.7 Å². The number of fused-ring (bicyclic) bond motifs is 1. The number of hydrogen-bond acceptors (Lipinski definition) is 6. The monoisotopic (exact) mass is 523 g/mol. The van der Waals surface area contributed by atoms with E-state index in [1.54, 1.807) is 38.4 Å². The number of phenolic OH excluding ortho intramolecular Hbond substituents is 1. The van der Waals surface area contributed by atoms with Gasteiger partial charge in [0.05, 0.1) is 13.7 Å². The van der Waals surface area contributed by atoms with E-state index in [1.165, 1.54) is 11.3 Å². The van der Waals surface area contributed by atoms with Crippen LogP contribution in [0.3, 0.4) is 0 Å². The predicted octanol–water partition coefficient (Wildman–Crippen LogP) is 7.28. The van der Waals surface area contributed by atoms with Gasteiger partial charge in [0.25, 0.3) is 0 Å².